The second-order valence-corrected chi connectivity index (χ2v) is 8.21. The molecule has 0 bridgehead atoms. The van der Waals surface area contributed by atoms with Gasteiger partial charge in [-0.05, 0) is 70.1 Å². The van der Waals surface area contributed by atoms with Crippen molar-refractivity contribution in [1.29, 1.82) is 0 Å². The molecule has 1 saturated carbocycles. The highest BCUT2D eigenvalue weighted by molar-refractivity contribution is 4.74. The largest absolute Gasteiger partial charge is 0.379 e. The summed E-state index contributed by atoms with van der Waals surface area (Å²) in [7, 11) is 0. The molecule has 146 valence electrons. The van der Waals surface area contributed by atoms with Gasteiger partial charge in [0.15, 0.2) is 0 Å². The molecular weight excluding hydrogens is 296 g/mol. The zero-order valence-corrected chi connectivity index (χ0v) is 17.9. The molecule has 3 atom stereocenters. The van der Waals surface area contributed by atoms with Crippen LogP contribution in [-0.4, -0.2) is 25.4 Å². The SMILES string of the molecule is CC.CC1CCC(C(C)COC(C)C)CC1.CC1CCC(C)OC1. The highest BCUT2D eigenvalue weighted by Gasteiger charge is 2.23. The number of rotatable bonds is 4. The fourth-order valence-corrected chi connectivity index (χ4v) is 3.35. The second-order valence-electron chi connectivity index (χ2n) is 8.21. The Morgan fingerprint density at radius 1 is 0.833 bits per heavy atom. The Kier molecular flexibility index (Phi) is 14.1. The van der Waals surface area contributed by atoms with Crippen LogP contribution in [0.1, 0.15) is 93.9 Å². The highest BCUT2D eigenvalue weighted by atomic mass is 16.5. The van der Waals surface area contributed by atoms with Gasteiger partial charge < -0.3 is 9.47 Å². The molecular formula is C22H46O2. The van der Waals surface area contributed by atoms with Gasteiger partial charge in [0.25, 0.3) is 0 Å². The Morgan fingerprint density at radius 2 is 1.38 bits per heavy atom. The van der Waals surface area contributed by atoms with Crippen molar-refractivity contribution < 1.29 is 9.47 Å². The fourth-order valence-electron chi connectivity index (χ4n) is 3.35. The maximum Gasteiger partial charge on any atom is 0.0547 e. The molecule has 0 spiro atoms. The first-order valence-corrected chi connectivity index (χ1v) is 10.6. The van der Waals surface area contributed by atoms with Gasteiger partial charge in [-0.3, -0.25) is 0 Å². The van der Waals surface area contributed by atoms with Crippen LogP contribution in [0, 0.1) is 23.7 Å². The van der Waals surface area contributed by atoms with Crippen molar-refractivity contribution in [3.63, 3.8) is 0 Å². The van der Waals surface area contributed by atoms with Crippen molar-refractivity contribution in [2.75, 3.05) is 13.2 Å². The Bertz CT molecular complexity index is 251. The molecule has 0 aromatic rings. The van der Waals surface area contributed by atoms with E-state index in [4.69, 9.17) is 9.47 Å². The number of ether oxygens (including phenoxy) is 2. The lowest BCUT2D eigenvalue weighted by molar-refractivity contribution is 0.000267. The minimum atomic E-state index is 0.389. The maximum absolute atomic E-state index is 5.68. The molecule has 2 aliphatic rings. The minimum Gasteiger partial charge on any atom is -0.379 e. The summed E-state index contributed by atoms with van der Waals surface area (Å²) in [4.78, 5) is 0. The summed E-state index contributed by atoms with van der Waals surface area (Å²) in [6.45, 7) is 19.3. The molecule has 1 heterocycles. The van der Waals surface area contributed by atoms with Gasteiger partial charge in [0.2, 0.25) is 0 Å². The van der Waals surface area contributed by atoms with Gasteiger partial charge in [-0.15, -0.1) is 0 Å². The summed E-state index contributed by atoms with van der Waals surface area (Å²) < 4.78 is 11.1. The molecule has 1 aliphatic heterocycles. The number of hydrogen-bond donors (Lipinski definition) is 0. The van der Waals surface area contributed by atoms with E-state index < -0.39 is 0 Å². The molecule has 3 unspecified atom stereocenters. The number of hydrogen-bond acceptors (Lipinski definition) is 2. The molecule has 0 aromatic heterocycles. The van der Waals surface area contributed by atoms with Crippen LogP contribution in [0.25, 0.3) is 0 Å². The van der Waals surface area contributed by atoms with Crippen molar-refractivity contribution >= 4 is 0 Å². The maximum atomic E-state index is 5.68. The summed E-state index contributed by atoms with van der Waals surface area (Å²) in [6.07, 6.45) is 9.20. The molecule has 1 aliphatic carbocycles. The van der Waals surface area contributed by atoms with Crippen LogP contribution in [0.15, 0.2) is 0 Å². The molecule has 0 amide bonds. The molecule has 2 heteroatoms. The predicted octanol–water partition coefficient (Wildman–Crippen LogP) is 6.72. The third-order valence-corrected chi connectivity index (χ3v) is 5.29. The van der Waals surface area contributed by atoms with Crippen molar-refractivity contribution in [3.05, 3.63) is 0 Å². The molecule has 0 radical (unpaired) electrons. The molecule has 1 saturated heterocycles. The highest BCUT2D eigenvalue weighted by Crippen LogP contribution is 2.33. The third kappa shape index (κ3) is 11.5. The van der Waals surface area contributed by atoms with E-state index in [0.717, 1.165) is 36.9 Å². The van der Waals surface area contributed by atoms with Gasteiger partial charge >= 0.3 is 0 Å². The van der Waals surface area contributed by atoms with Gasteiger partial charge in [0.05, 0.1) is 12.2 Å². The first kappa shape index (κ1) is 23.9. The van der Waals surface area contributed by atoms with Crippen molar-refractivity contribution in [2.24, 2.45) is 23.7 Å². The predicted molar refractivity (Wildman–Crippen MR) is 107 cm³/mol. The quantitative estimate of drug-likeness (QED) is 0.564. The van der Waals surface area contributed by atoms with Gasteiger partial charge in [-0.1, -0.05) is 47.5 Å². The standard InChI is InChI=1S/C13H26O.C7H14O.C2H6/c1-10(2)14-9-12(4)13-7-5-11(3)6-8-13;1-6-3-4-7(2)8-5-6;1-2/h10-13H,5-9H2,1-4H3;6-7H,3-5H2,1-2H3;1-2H3. The molecule has 0 aromatic carbocycles. The zero-order valence-electron chi connectivity index (χ0n) is 17.9. The summed E-state index contributed by atoms with van der Waals surface area (Å²) >= 11 is 0. The van der Waals surface area contributed by atoms with Gasteiger partial charge in [0, 0.05) is 13.2 Å². The molecule has 2 nitrogen and oxygen atoms in total. The van der Waals surface area contributed by atoms with Crippen molar-refractivity contribution in [2.45, 2.75) is 106 Å². The second kappa shape index (κ2) is 14.1. The lowest BCUT2D eigenvalue weighted by Gasteiger charge is -2.31. The molecule has 2 rings (SSSR count). The van der Waals surface area contributed by atoms with Crippen molar-refractivity contribution in [1.82, 2.24) is 0 Å². The van der Waals surface area contributed by atoms with Crippen LogP contribution < -0.4 is 0 Å². The van der Waals surface area contributed by atoms with E-state index in [9.17, 15) is 0 Å². The van der Waals surface area contributed by atoms with Crippen LogP contribution in [0.4, 0.5) is 0 Å². The van der Waals surface area contributed by atoms with Gasteiger partial charge in [0.1, 0.15) is 0 Å². The first-order chi connectivity index (χ1) is 11.4. The molecule has 2 fully saturated rings. The third-order valence-electron chi connectivity index (χ3n) is 5.29. The molecule has 0 N–H and O–H groups in total. The Balaban J connectivity index is 0.000000447. The van der Waals surface area contributed by atoms with E-state index in [0.29, 0.717) is 12.2 Å². The van der Waals surface area contributed by atoms with Crippen LogP contribution in [0.2, 0.25) is 0 Å². The Labute approximate surface area is 153 Å². The Morgan fingerprint density at radius 3 is 1.79 bits per heavy atom. The van der Waals surface area contributed by atoms with Gasteiger partial charge in [-0.2, -0.15) is 0 Å². The summed E-state index contributed by atoms with van der Waals surface area (Å²) in [6, 6.07) is 0. The van der Waals surface area contributed by atoms with E-state index in [1.165, 1.54) is 38.5 Å². The van der Waals surface area contributed by atoms with Crippen LogP contribution in [0.5, 0.6) is 0 Å². The minimum absolute atomic E-state index is 0.389. The average Bonchev–Trinajstić information content (AvgIpc) is 2.58. The summed E-state index contributed by atoms with van der Waals surface area (Å²) in [5.41, 5.74) is 0. The van der Waals surface area contributed by atoms with E-state index in [1.54, 1.807) is 0 Å². The van der Waals surface area contributed by atoms with Crippen LogP contribution in [-0.2, 0) is 9.47 Å². The van der Waals surface area contributed by atoms with E-state index >= 15 is 0 Å². The summed E-state index contributed by atoms with van der Waals surface area (Å²) in [5.74, 6) is 3.44. The van der Waals surface area contributed by atoms with Crippen LogP contribution >= 0.6 is 0 Å². The van der Waals surface area contributed by atoms with E-state index in [2.05, 4.69) is 41.5 Å². The smallest absolute Gasteiger partial charge is 0.0547 e. The lowest BCUT2D eigenvalue weighted by Crippen LogP contribution is -2.23. The normalized spacial score (nSPS) is 31.4. The van der Waals surface area contributed by atoms with Gasteiger partial charge in [-0.25, -0.2) is 0 Å². The fraction of sp³-hybridized carbons (Fsp3) is 1.00. The van der Waals surface area contributed by atoms with Crippen LogP contribution in [0.3, 0.4) is 0 Å². The van der Waals surface area contributed by atoms with Crippen molar-refractivity contribution in [3.8, 4) is 0 Å². The Hall–Kier alpha value is -0.0800. The topological polar surface area (TPSA) is 18.5 Å². The monoisotopic (exact) mass is 342 g/mol. The van der Waals surface area contributed by atoms with E-state index in [-0.39, 0.29) is 0 Å². The molecule has 24 heavy (non-hydrogen) atoms. The zero-order chi connectivity index (χ0) is 18.5. The lowest BCUT2D eigenvalue weighted by atomic mass is 9.77. The average molecular weight is 343 g/mol. The summed E-state index contributed by atoms with van der Waals surface area (Å²) in [5, 5.41) is 0. The van der Waals surface area contributed by atoms with E-state index in [1.807, 2.05) is 13.8 Å². The first-order valence-electron chi connectivity index (χ1n) is 10.6.